The predicted molar refractivity (Wildman–Crippen MR) is 121 cm³/mol. The fourth-order valence-electron chi connectivity index (χ4n) is 3.19. The van der Waals surface area contributed by atoms with Gasteiger partial charge < -0.3 is 15.0 Å². The normalized spacial score (nSPS) is 11.8. The average molecular weight is 452 g/mol. The Kier molecular flexibility index (Phi) is 6.18. The molecule has 32 heavy (non-hydrogen) atoms. The molecule has 162 valence electrons. The first-order valence-corrected chi connectivity index (χ1v) is 10.3. The lowest BCUT2D eigenvalue weighted by Gasteiger charge is -2.16. The van der Waals surface area contributed by atoms with Gasteiger partial charge in [-0.05, 0) is 42.8 Å². The molecule has 0 spiro atoms. The number of ether oxygens (including phenoxy) is 1. The SMILES string of the molecule is CCC(OC(=O)c1ccc2nc(-c3ccccc3)[nH]c2c1)C(=O)Nc1ccc(F)c(Cl)c1. The second-order valence-corrected chi connectivity index (χ2v) is 7.51. The van der Waals surface area contributed by atoms with Gasteiger partial charge in [-0.25, -0.2) is 14.2 Å². The maximum absolute atomic E-state index is 13.3. The van der Waals surface area contributed by atoms with Crippen molar-refractivity contribution in [2.75, 3.05) is 5.32 Å². The van der Waals surface area contributed by atoms with E-state index in [1.54, 1.807) is 25.1 Å². The number of carbonyl (C=O) groups is 2. The van der Waals surface area contributed by atoms with Crippen molar-refractivity contribution in [2.45, 2.75) is 19.4 Å². The van der Waals surface area contributed by atoms with E-state index in [9.17, 15) is 14.0 Å². The van der Waals surface area contributed by atoms with Gasteiger partial charge in [-0.3, -0.25) is 4.79 Å². The number of aromatic nitrogens is 2. The van der Waals surface area contributed by atoms with Crippen LogP contribution in [0.1, 0.15) is 23.7 Å². The highest BCUT2D eigenvalue weighted by molar-refractivity contribution is 6.31. The highest BCUT2D eigenvalue weighted by atomic mass is 35.5. The van der Waals surface area contributed by atoms with Gasteiger partial charge >= 0.3 is 5.97 Å². The van der Waals surface area contributed by atoms with Gasteiger partial charge in [0.1, 0.15) is 11.6 Å². The molecule has 0 aliphatic heterocycles. The first kappa shape index (κ1) is 21.5. The number of nitrogens with one attached hydrogen (secondary N) is 2. The van der Waals surface area contributed by atoms with Crippen molar-refractivity contribution in [1.82, 2.24) is 9.97 Å². The standard InChI is InChI=1S/C24H19ClFN3O3/c1-2-21(23(30)27-16-9-10-18(26)17(25)13-16)32-24(31)15-8-11-19-20(12-15)29-22(28-19)14-6-4-3-5-7-14/h3-13,21H,2H2,1H3,(H,27,30)(H,28,29). The van der Waals surface area contributed by atoms with Crippen LogP contribution in [-0.2, 0) is 9.53 Å². The summed E-state index contributed by atoms with van der Waals surface area (Å²) in [7, 11) is 0. The zero-order chi connectivity index (χ0) is 22.7. The molecule has 0 aliphatic rings. The number of halogens is 2. The lowest BCUT2D eigenvalue weighted by atomic mass is 10.2. The molecule has 4 aromatic rings. The van der Waals surface area contributed by atoms with Gasteiger partial charge in [-0.1, -0.05) is 48.9 Å². The van der Waals surface area contributed by atoms with E-state index in [1.807, 2.05) is 30.3 Å². The molecular weight excluding hydrogens is 433 g/mol. The van der Waals surface area contributed by atoms with Crippen molar-refractivity contribution in [3.8, 4) is 11.4 Å². The molecule has 0 radical (unpaired) electrons. The molecular formula is C24H19ClFN3O3. The number of rotatable bonds is 6. The van der Waals surface area contributed by atoms with Gasteiger partial charge in [0, 0.05) is 11.3 Å². The molecule has 1 aromatic heterocycles. The Bertz CT molecular complexity index is 1290. The van der Waals surface area contributed by atoms with E-state index in [2.05, 4.69) is 15.3 Å². The van der Waals surface area contributed by atoms with Crippen LogP contribution in [0.5, 0.6) is 0 Å². The summed E-state index contributed by atoms with van der Waals surface area (Å²) in [5, 5.41) is 2.47. The molecule has 0 saturated heterocycles. The van der Waals surface area contributed by atoms with Crippen molar-refractivity contribution in [3.05, 3.63) is 83.1 Å². The Labute approximate surface area is 188 Å². The average Bonchev–Trinajstić information content (AvgIpc) is 3.23. The molecule has 1 amide bonds. The Morgan fingerprint density at radius 2 is 1.91 bits per heavy atom. The summed E-state index contributed by atoms with van der Waals surface area (Å²) in [5.41, 5.74) is 2.91. The Morgan fingerprint density at radius 1 is 1.12 bits per heavy atom. The fraction of sp³-hybridized carbons (Fsp3) is 0.125. The predicted octanol–water partition coefficient (Wildman–Crippen LogP) is 5.60. The van der Waals surface area contributed by atoms with Crippen LogP contribution in [0.3, 0.4) is 0 Å². The summed E-state index contributed by atoms with van der Waals surface area (Å²) in [4.78, 5) is 33.0. The highest BCUT2D eigenvalue weighted by Gasteiger charge is 2.23. The molecule has 0 bridgehead atoms. The Hall–Kier alpha value is -3.71. The molecule has 0 aliphatic carbocycles. The van der Waals surface area contributed by atoms with Crippen LogP contribution in [0, 0.1) is 5.82 Å². The van der Waals surface area contributed by atoms with E-state index in [4.69, 9.17) is 16.3 Å². The van der Waals surface area contributed by atoms with Crippen LogP contribution in [-0.4, -0.2) is 27.9 Å². The van der Waals surface area contributed by atoms with E-state index < -0.39 is 23.8 Å². The smallest absolute Gasteiger partial charge is 0.338 e. The van der Waals surface area contributed by atoms with Gasteiger partial charge in [-0.15, -0.1) is 0 Å². The zero-order valence-electron chi connectivity index (χ0n) is 17.1. The number of hydrogen-bond donors (Lipinski definition) is 2. The van der Waals surface area contributed by atoms with E-state index in [0.717, 1.165) is 11.6 Å². The Balaban J connectivity index is 1.48. The van der Waals surface area contributed by atoms with Crippen LogP contribution < -0.4 is 5.32 Å². The largest absolute Gasteiger partial charge is 0.449 e. The first-order valence-electron chi connectivity index (χ1n) is 9.96. The van der Waals surface area contributed by atoms with Gasteiger partial charge in [0.2, 0.25) is 0 Å². The molecule has 0 saturated carbocycles. The van der Waals surface area contributed by atoms with E-state index in [0.29, 0.717) is 22.5 Å². The molecule has 1 heterocycles. The van der Waals surface area contributed by atoms with Crippen LogP contribution in [0.15, 0.2) is 66.7 Å². The molecule has 1 atom stereocenters. The maximum Gasteiger partial charge on any atom is 0.338 e. The number of esters is 1. The van der Waals surface area contributed by atoms with Crippen molar-refractivity contribution in [1.29, 1.82) is 0 Å². The fourth-order valence-corrected chi connectivity index (χ4v) is 3.37. The Morgan fingerprint density at radius 3 is 2.62 bits per heavy atom. The number of anilines is 1. The second-order valence-electron chi connectivity index (χ2n) is 7.10. The third kappa shape index (κ3) is 4.63. The summed E-state index contributed by atoms with van der Waals surface area (Å²) in [5.74, 6) is -1.07. The van der Waals surface area contributed by atoms with Gasteiger partial charge in [0.05, 0.1) is 21.6 Å². The molecule has 4 rings (SSSR count). The van der Waals surface area contributed by atoms with E-state index in [1.165, 1.54) is 12.1 Å². The van der Waals surface area contributed by atoms with Gasteiger partial charge in [0.25, 0.3) is 5.91 Å². The van der Waals surface area contributed by atoms with Crippen molar-refractivity contribution in [2.24, 2.45) is 0 Å². The summed E-state index contributed by atoms with van der Waals surface area (Å²) in [6, 6.07) is 18.4. The van der Waals surface area contributed by atoms with Crippen LogP contribution >= 0.6 is 11.6 Å². The number of hydrogen-bond acceptors (Lipinski definition) is 4. The van der Waals surface area contributed by atoms with Crippen molar-refractivity contribution >= 4 is 40.2 Å². The third-order valence-corrected chi connectivity index (χ3v) is 5.15. The number of aromatic amines is 1. The zero-order valence-corrected chi connectivity index (χ0v) is 17.8. The molecule has 1 unspecified atom stereocenters. The lowest BCUT2D eigenvalue weighted by molar-refractivity contribution is -0.124. The van der Waals surface area contributed by atoms with Crippen LogP contribution in [0.2, 0.25) is 5.02 Å². The number of nitrogens with zero attached hydrogens (tertiary/aromatic N) is 1. The number of fused-ring (bicyclic) bond motifs is 1. The number of benzene rings is 3. The molecule has 2 N–H and O–H groups in total. The monoisotopic (exact) mass is 451 g/mol. The summed E-state index contributed by atoms with van der Waals surface area (Å²) in [6.45, 7) is 1.72. The number of carbonyl (C=O) groups excluding carboxylic acids is 2. The summed E-state index contributed by atoms with van der Waals surface area (Å²) < 4.78 is 18.7. The summed E-state index contributed by atoms with van der Waals surface area (Å²) in [6.07, 6.45) is -0.764. The highest BCUT2D eigenvalue weighted by Crippen LogP contribution is 2.22. The van der Waals surface area contributed by atoms with Crippen molar-refractivity contribution in [3.63, 3.8) is 0 Å². The molecule has 3 aromatic carbocycles. The van der Waals surface area contributed by atoms with Crippen molar-refractivity contribution < 1.29 is 18.7 Å². The maximum atomic E-state index is 13.3. The lowest BCUT2D eigenvalue weighted by Crippen LogP contribution is -2.32. The molecule has 8 heteroatoms. The molecule has 0 fully saturated rings. The minimum atomic E-state index is -1.02. The number of amides is 1. The summed E-state index contributed by atoms with van der Waals surface area (Å²) >= 11 is 5.74. The topological polar surface area (TPSA) is 84.1 Å². The van der Waals surface area contributed by atoms with Crippen LogP contribution in [0.25, 0.3) is 22.4 Å². The quantitative estimate of drug-likeness (QED) is 0.374. The minimum Gasteiger partial charge on any atom is -0.449 e. The van der Waals surface area contributed by atoms with Gasteiger partial charge in [-0.2, -0.15) is 0 Å². The number of H-pyrrole nitrogens is 1. The van der Waals surface area contributed by atoms with Crippen LogP contribution in [0.4, 0.5) is 10.1 Å². The third-order valence-electron chi connectivity index (χ3n) is 4.86. The number of imidazole rings is 1. The van der Waals surface area contributed by atoms with E-state index >= 15 is 0 Å². The second kappa shape index (κ2) is 9.20. The minimum absolute atomic E-state index is 0.115. The van der Waals surface area contributed by atoms with Gasteiger partial charge in [0.15, 0.2) is 6.10 Å². The first-order chi connectivity index (χ1) is 15.4. The molecule has 6 nitrogen and oxygen atoms in total. The van der Waals surface area contributed by atoms with E-state index in [-0.39, 0.29) is 17.0 Å².